The number of carbonyl (C=O) groups is 1. The van der Waals surface area contributed by atoms with Crippen LogP contribution in [0.1, 0.15) is 16.1 Å². The fourth-order valence-electron chi connectivity index (χ4n) is 2.69. The predicted octanol–water partition coefficient (Wildman–Crippen LogP) is 2.83. The van der Waals surface area contributed by atoms with Crippen LogP contribution in [0.5, 0.6) is 0 Å². The Morgan fingerprint density at radius 1 is 1.30 bits per heavy atom. The molecule has 0 N–H and O–H groups in total. The molecule has 1 saturated heterocycles. The number of benzene rings is 1. The molecular weight excluding hydrogens is 321 g/mol. The second-order valence-corrected chi connectivity index (χ2v) is 6.06. The van der Waals surface area contributed by atoms with Crippen LogP contribution in [0.15, 0.2) is 22.7 Å². The first-order chi connectivity index (χ1) is 11.0. The van der Waals surface area contributed by atoms with Gasteiger partial charge in [0.25, 0.3) is 5.91 Å². The minimum absolute atomic E-state index is 0.100. The summed E-state index contributed by atoms with van der Waals surface area (Å²) < 4.78 is 19.3. The summed E-state index contributed by atoms with van der Waals surface area (Å²) in [5.41, 5.74) is 0.541. The van der Waals surface area contributed by atoms with Crippen molar-refractivity contribution in [3.05, 3.63) is 40.4 Å². The Hall–Kier alpha value is -1.92. The van der Waals surface area contributed by atoms with Crippen LogP contribution in [0, 0.1) is 12.7 Å². The molecule has 5 nitrogen and oxygen atoms in total. The number of piperazine rings is 1. The fourth-order valence-corrected chi connectivity index (χ4v) is 2.94. The zero-order valence-corrected chi connectivity index (χ0v) is 13.7. The lowest BCUT2D eigenvalue weighted by molar-refractivity contribution is 0.0663. The number of halogens is 2. The molecule has 2 heterocycles. The van der Waals surface area contributed by atoms with Crippen LogP contribution >= 0.6 is 11.6 Å². The first-order valence-electron chi connectivity index (χ1n) is 7.37. The second kappa shape index (κ2) is 6.29. The van der Waals surface area contributed by atoms with Gasteiger partial charge in [0.2, 0.25) is 0 Å². The molecule has 0 radical (unpaired) electrons. The number of hydrogen-bond acceptors (Lipinski definition) is 4. The predicted molar refractivity (Wildman–Crippen MR) is 85.0 cm³/mol. The molecule has 23 heavy (non-hydrogen) atoms. The minimum Gasteiger partial charge on any atom is -0.360 e. The van der Waals surface area contributed by atoms with Crippen LogP contribution in [-0.2, 0) is 0 Å². The maximum absolute atomic E-state index is 14.2. The third-order valence-electron chi connectivity index (χ3n) is 4.07. The number of rotatable bonds is 2. The molecule has 1 amide bonds. The van der Waals surface area contributed by atoms with E-state index in [-0.39, 0.29) is 27.8 Å². The van der Waals surface area contributed by atoms with Crippen LogP contribution in [-0.4, -0.2) is 54.1 Å². The lowest BCUT2D eigenvalue weighted by atomic mass is 10.0. The Morgan fingerprint density at radius 2 is 2.00 bits per heavy atom. The van der Waals surface area contributed by atoms with Crippen LogP contribution in [0.4, 0.5) is 4.39 Å². The fraction of sp³-hybridized carbons (Fsp3) is 0.375. The summed E-state index contributed by atoms with van der Waals surface area (Å²) in [5.74, 6) is -0.368. The van der Waals surface area contributed by atoms with Gasteiger partial charge in [0, 0.05) is 26.2 Å². The van der Waals surface area contributed by atoms with E-state index in [0.717, 1.165) is 13.1 Å². The Balaban J connectivity index is 2.01. The molecule has 1 aromatic heterocycles. The standard InChI is InChI=1S/C16H17ClFN3O2/c1-10-13(16(22)21-8-6-20(2)7-9-21)15(19-23-10)14-11(17)4-3-5-12(14)18/h3-5H,6-9H2,1-2H3. The highest BCUT2D eigenvalue weighted by molar-refractivity contribution is 6.33. The molecule has 2 aromatic rings. The number of aromatic nitrogens is 1. The minimum atomic E-state index is -0.529. The van der Waals surface area contributed by atoms with E-state index in [1.54, 1.807) is 17.9 Å². The number of carbonyl (C=O) groups excluding carboxylic acids is 1. The van der Waals surface area contributed by atoms with Crippen molar-refractivity contribution in [3.8, 4) is 11.3 Å². The maximum atomic E-state index is 14.2. The largest absolute Gasteiger partial charge is 0.360 e. The second-order valence-electron chi connectivity index (χ2n) is 5.65. The summed E-state index contributed by atoms with van der Waals surface area (Å²) in [5, 5.41) is 4.08. The van der Waals surface area contributed by atoms with Gasteiger partial charge >= 0.3 is 0 Å². The van der Waals surface area contributed by atoms with Gasteiger partial charge in [-0.05, 0) is 26.1 Å². The molecule has 0 bridgehead atoms. The number of amides is 1. The number of aryl methyl sites for hydroxylation is 1. The van der Waals surface area contributed by atoms with Gasteiger partial charge in [-0.2, -0.15) is 0 Å². The Labute approximate surface area is 138 Å². The summed E-state index contributed by atoms with van der Waals surface area (Å²) in [7, 11) is 2.01. The van der Waals surface area contributed by atoms with Gasteiger partial charge in [-0.25, -0.2) is 4.39 Å². The first kappa shape index (κ1) is 16.0. The van der Waals surface area contributed by atoms with E-state index >= 15 is 0 Å². The molecule has 0 spiro atoms. The normalized spacial score (nSPS) is 15.9. The molecule has 0 saturated carbocycles. The molecule has 0 unspecified atom stereocenters. The Bertz CT molecular complexity index is 719. The third-order valence-corrected chi connectivity index (χ3v) is 4.38. The highest BCUT2D eigenvalue weighted by atomic mass is 35.5. The van der Waals surface area contributed by atoms with Crippen molar-refractivity contribution >= 4 is 17.5 Å². The molecule has 1 aromatic carbocycles. The highest BCUT2D eigenvalue weighted by Crippen LogP contribution is 2.34. The van der Waals surface area contributed by atoms with Crippen molar-refractivity contribution in [1.29, 1.82) is 0 Å². The summed E-state index contributed by atoms with van der Waals surface area (Å²) in [4.78, 5) is 16.7. The average molecular weight is 338 g/mol. The maximum Gasteiger partial charge on any atom is 0.259 e. The zero-order valence-electron chi connectivity index (χ0n) is 13.0. The van der Waals surface area contributed by atoms with Gasteiger partial charge in [-0.3, -0.25) is 4.79 Å². The molecule has 0 aliphatic carbocycles. The topological polar surface area (TPSA) is 49.6 Å². The highest BCUT2D eigenvalue weighted by Gasteiger charge is 2.29. The molecule has 1 fully saturated rings. The van der Waals surface area contributed by atoms with Crippen molar-refractivity contribution in [2.75, 3.05) is 33.2 Å². The Kier molecular flexibility index (Phi) is 4.37. The van der Waals surface area contributed by atoms with Crippen LogP contribution in [0.3, 0.4) is 0 Å². The van der Waals surface area contributed by atoms with Gasteiger partial charge in [0.1, 0.15) is 22.8 Å². The van der Waals surface area contributed by atoms with E-state index in [9.17, 15) is 9.18 Å². The lowest BCUT2D eigenvalue weighted by Crippen LogP contribution is -2.47. The molecule has 1 aliphatic rings. The van der Waals surface area contributed by atoms with Gasteiger partial charge in [0.05, 0.1) is 10.6 Å². The van der Waals surface area contributed by atoms with Crippen LogP contribution < -0.4 is 0 Å². The molecule has 7 heteroatoms. The van der Waals surface area contributed by atoms with Gasteiger partial charge < -0.3 is 14.3 Å². The Morgan fingerprint density at radius 3 is 2.65 bits per heavy atom. The monoisotopic (exact) mass is 337 g/mol. The number of hydrogen-bond donors (Lipinski definition) is 0. The summed E-state index contributed by atoms with van der Waals surface area (Å²) in [6.07, 6.45) is 0. The van der Waals surface area contributed by atoms with E-state index in [4.69, 9.17) is 16.1 Å². The van der Waals surface area contributed by atoms with E-state index in [1.807, 2.05) is 7.05 Å². The van der Waals surface area contributed by atoms with E-state index in [1.165, 1.54) is 12.1 Å². The summed E-state index contributed by atoms with van der Waals surface area (Å²) in [6, 6.07) is 4.36. The third kappa shape index (κ3) is 2.96. The molecule has 1 aliphatic heterocycles. The molecule has 3 rings (SSSR count). The van der Waals surface area contributed by atoms with Crippen LogP contribution in [0.25, 0.3) is 11.3 Å². The van der Waals surface area contributed by atoms with E-state index < -0.39 is 5.82 Å². The molecular formula is C16H17ClFN3O2. The van der Waals surface area contributed by atoms with Crippen LogP contribution in [0.2, 0.25) is 5.02 Å². The van der Waals surface area contributed by atoms with Gasteiger partial charge in [-0.1, -0.05) is 22.8 Å². The zero-order chi connectivity index (χ0) is 16.6. The quantitative estimate of drug-likeness (QED) is 0.845. The van der Waals surface area contributed by atoms with E-state index in [2.05, 4.69) is 10.1 Å². The summed E-state index contributed by atoms with van der Waals surface area (Å²) in [6.45, 7) is 4.47. The average Bonchev–Trinajstić information content (AvgIpc) is 2.89. The van der Waals surface area contributed by atoms with Crippen molar-refractivity contribution in [2.24, 2.45) is 0 Å². The van der Waals surface area contributed by atoms with Gasteiger partial charge in [-0.15, -0.1) is 0 Å². The lowest BCUT2D eigenvalue weighted by Gasteiger charge is -2.32. The number of nitrogens with zero attached hydrogens (tertiary/aromatic N) is 3. The molecule has 0 atom stereocenters. The smallest absolute Gasteiger partial charge is 0.259 e. The number of likely N-dealkylation sites (N-methyl/N-ethyl adjacent to an activating group) is 1. The van der Waals surface area contributed by atoms with Crippen molar-refractivity contribution in [2.45, 2.75) is 6.92 Å². The van der Waals surface area contributed by atoms with Gasteiger partial charge in [0.15, 0.2) is 0 Å². The van der Waals surface area contributed by atoms with Crippen molar-refractivity contribution in [1.82, 2.24) is 15.0 Å². The van der Waals surface area contributed by atoms with Crippen molar-refractivity contribution < 1.29 is 13.7 Å². The first-order valence-corrected chi connectivity index (χ1v) is 7.75. The SMILES string of the molecule is Cc1onc(-c2c(F)cccc2Cl)c1C(=O)N1CCN(C)CC1. The molecule has 122 valence electrons. The summed E-state index contributed by atoms with van der Waals surface area (Å²) >= 11 is 6.10. The van der Waals surface area contributed by atoms with Crippen molar-refractivity contribution in [3.63, 3.8) is 0 Å². The van der Waals surface area contributed by atoms with E-state index in [0.29, 0.717) is 18.8 Å².